The normalized spacial score (nSPS) is 18.4. The number of carbonyl (C=O) groups excluding carboxylic acids is 3. The maximum atomic E-state index is 14.4. The molecule has 1 heterocycles. The van der Waals surface area contributed by atoms with E-state index in [1.54, 1.807) is 4.90 Å². The Morgan fingerprint density at radius 2 is 1.47 bits per heavy atom. The molecule has 3 N–H and O–H groups in total. The van der Waals surface area contributed by atoms with Gasteiger partial charge in [-0.25, -0.2) is 4.79 Å². The summed E-state index contributed by atoms with van der Waals surface area (Å²) in [5.74, 6) is -0.622. The highest BCUT2D eigenvalue weighted by Crippen LogP contribution is 2.40. The number of nitrogens with one attached hydrogen (secondary N) is 3. The van der Waals surface area contributed by atoms with Gasteiger partial charge in [-0.15, -0.1) is 0 Å². The van der Waals surface area contributed by atoms with E-state index in [0.29, 0.717) is 24.2 Å². The minimum atomic E-state index is -0.838. The third-order valence-electron chi connectivity index (χ3n) is 8.03. The van der Waals surface area contributed by atoms with Gasteiger partial charge < -0.3 is 20.9 Å². The monoisotopic (exact) mass is 574 g/mol. The smallest absolute Gasteiger partial charge is 0.319 e. The minimum absolute atomic E-state index is 0.0372. The van der Waals surface area contributed by atoms with Gasteiger partial charge in [-0.1, -0.05) is 84.4 Å². The van der Waals surface area contributed by atoms with Crippen LogP contribution in [-0.4, -0.2) is 35.3 Å². The number of amides is 4. The summed E-state index contributed by atoms with van der Waals surface area (Å²) < 4.78 is 0. The number of nitrogens with zero attached hydrogens (tertiary/aromatic N) is 1. The quantitative estimate of drug-likeness (QED) is 0.225. The molecular formula is C36H38N4O3. The van der Waals surface area contributed by atoms with E-state index >= 15 is 0 Å². The number of likely N-dealkylation sites (tertiary alicyclic amines) is 1. The third-order valence-corrected chi connectivity index (χ3v) is 8.03. The Bertz CT molecular complexity index is 1590. The molecular weight excluding hydrogens is 536 g/mol. The summed E-state index contributed by atoms with van der Waals surface area (Å²) in [6.45, 7) is 5.86. The Kier molecular flexibility index (Phi) is 9.20. The molecule has 1 aliphatic heterocycles. The lowest BCUT2D eigenvalue weighted by molar-refractivity contribution is -0.138. The van der Waals surface area contributed by atoms with E-state index in [4.69, 9.17) is 0 Å². The van der Waals surface area contributed by atoms with Crippen LogP contribution in [0.2, 0.25) is 0 Å². The zero-order valence-electron chi connectivity index (χ0n) is 24.8. The van der Waals surface area contributed by atoms with Crippen molar-refractivity contribution in [2.45, 2.75) is 51.6 Å². The summed E-state index contributed by atoms with van der Waals surface area (Å²) in [6, 6.07) is 31.4. The van der Waals surface area contributed by atoms with Crippen molar-refractivity contribution in [2.75, 3.05) is 17.2 Å². The van der Waals surface area contributed by atoms with Crippen LogP contribution in [0.1, 0.15) is 52.6 Å². The summed E-state index contributed by atoms with van der Waals surface area (Å²) in [5.41, 5.74) is 6.62. The molecule has 1 saturated heterocycles. The molecule has 4 aromatic rings. The van der Waals surface area contributed by atoms with Crippen LogP contribution >= 0.6 is 0 Å². The fourth-order valence-corrected chi connectivity index (χ4v) is 5.87. The average Bonchev–Trinajstić information content (AvgIpc) is 3.11. The van der Waals surface area contributed by atoms with Gasteiger partial charge in [0.2, 0.25) is 11.8 Å². The number of rotatable bonds is 7. The van der Waals surface area contributed by atoms with Crippen LogP contribution in [0.15, 0.2) is 103 Å². The summed E-state index contributed by atoms with van der Waals surface area (Å²) in [4.78, 5) is 42.6. The van der Waals surface area contributed by atoms with Gasteiger partial charge in [0.05, 0.1) is 6.04 Å². The molecule has 0 aliphatic carbocycles. The lowest BCUT2D eigenvalue weighted by Crippen LogP contribution is -2.51. The number of hydrogen-bond acceptors (Lipinski definition) is 3. The van der Waals surface area contributed by atoms with Crippen molar-refractivity contribution < 1.29 is 14.4 Å². The minimum Gasteiger partial charge on any atom is -0.326 e. The second-order valence-corrected chi connectivity index (χ2v) is 11.4. The molecule has 0 unspecified atom stereocenters. The number of aryl methyl sites for hydroxylation is 3. The second-order valence-electron chi connectivity index (χ2n) is 11.4. The van der Waals surface area contributed by atoms with Gasteiger partial charge in [-0.2, -0.15) is 0 Å². The number of urea groups is 1. The highest BCUT2D eigenvalue weighted by atomic mass is 16.2. The van der Waals surface area contributed by atoms with Gasteiger partial charge in [0.1, 0.15) is 12.6 Å². The van der Waals surface area contributed by atoms with Crippen molar-refractivity contribution in [3.63, 3.8) is 0 Å². The van der Waals surface area contributed by atoms with E-state index in [1.165, 1.54) is 0 Å². The lowest BCUT2D eigenvalue weighted by Gasteiger charge is -2.32. The lowest BCUT2D eigenvalue weighted by atomic mass is 9.84. The van der Waals surface area contributed by atoms with Crippen LogP contribution in [0.3, 0.4) is 0 Å². The Labute approximate surface area is 253 Å². The molecule has 0 aromatic heterocycles. The molecule has 0 spiro atoms. The predicted molar refractivity (Wildman–Crippen MR) is 171 cm³/mol. The molecule has 1 aliphatic rings. The number of anilines is 2. The Balaban J connectivity index is 1.48. The fraction of sp³-hybridized carbons (Fsp3) is 0.250. The van der Waals surface area contributed by atoms with Crippen LogP contribution in [0.25, 0.3) is 0 Å². The summed E-state index contributed by atoms with van der Waals surface area (Å²) >= 11 is 0. The highest BCUT2D eigenvalue weighted by Gasteiger charge is 2.40. The van der Waals surface area contributed by atoms with E-state index in [9.17, 15) is 14.4 Å². The van der Waals surface area contributed by atoms with Gasteiger partial charge in [0.15, 0.2) is 0 Å². The van der Waals surface area contributed by atoms with Gasteiger partial charge in [0.25, 0.3) is 0 Å². The average molecular weight is 575 g/mol. The molecule has 0 radical (unpaired) electrons. The largest absolute Gasteiger partial charge is 0.326 e. The summed E-state index contributed by atoms with van der Waals surface area (Å²) in [5, 5.41) is 8.77. The standard InChI is InChI=1S/C36H38N4O3/c1-24-16-18-29(19-17-24)37-34(41)23-40-33(27-12-5-4-6-13-27)22-28(31-15-8-7-11-26(31)3)21-32(35(40)42)39-36(43)38-30-14-9-10-25(2)20-30/h4-20,28,32-33H,21-23H2,1-3H3,(H,37,41)(H2,38,39,43)/t28-,32+,33+/m0/s1. The molecule has 7 nitrogen and oxygen atoms in total. The second kappa shape index (κ2) is 13.4. The van der Waals surface area contributed by atoms with Crippen LogP contribution in [0.5, 0.6) is 0 Å². The van der Waals surface area contributed by atoms with Crippen molar-refractivity contribution >= 4 is 29.2 Å². The van der Waals surface area contributed by atoms with Crippen LogP contribution in [0, 0.1) is 20.8 Å². The topological polar surface area (TPSA) is 90.5 Å². The summed E-state index contributed by atoms with van der Waals surface area (Å²) in [6.07, 6.45) is 1.01. The van der Waals surface area contributed by atoms with E-state index in [2.05, 4.69) is 35.0 Å². The SMILES string of the molecule is Cc1ccc(NC(=O)CN2C(=O)[C@H](NC(=O)Nc3cccc(C)c3)C[C@H](c3ccccc3C)C[C@@H]2c2ccccc2)cc1. The molecule has 220 valence electrons. The molecule has 4 amide bonds. The van der Waals surface area contributed by atoms with Crippen LogP contribution in [-0.2, 0) is 9.59 Å². The number of benzene rings is 4. The van der Waals surface area contributed by atoms with Gasteiger partial charge in [-0.05, 0) is 86.1 Å². The number of carbonyl (C=O) groups is 3. The summed E-state index contributed by atoms with van der Waals surface area (Å²) in [7, 11) is 0. The first-order valence-electron chi connectivity index (χ1n) is 14.7. The molecule has 1 fully saturated rings. The van der Waals surface area contributed by atoms with Crippen molar-refractivity contribution in [3.05, 3.63) is 131 Å². The predicted octanol–water partition coefficient (Wildman–Crippen LogP) is 6.89. The Hall–Kier alpha value is -4.91. The molecule has 0 saturated carbocycles. The van der Waals surface area contributed by atoms with Gasteiger partial charge in [-0.3, -0.25) is 9.59 Å². The molecule has 0 bridgehead atoms. The first-order chi connectivity index (χ1) is 20.8. The highest BCUT2D eigenvalue weighted by molar-refractivity contribution is 5.97. The van der Waals surface area contributed by atoms with Crippen molar-refractivity contribution in [1.82, 2.24) is 10.2 Å². The molecule has 7 heteroatoms. The van der Waals surface area contributed by atoms with E-state index < -0.39 is 12.1 Å². The Morgan fingerprint density at radius 3 is 2.19 bits per heavy atom. The van der Waals surface area contributed by atoms with Crippen molar-refractivity contribution in [1.29, 1.82) is 0 Å². The van der Waals surface area contributed by atoms with E-state index in [0.717, 1.165) is 27.8 Å². The van der Waals surface area contributed by atoms with E-state index in [1.807, 2.05) is 105 Å². The van der Waals surface area contributed by atoms with Crippen molar-refractivity contribution in [2.24, 2.45) is 0 Å². The molecule has 5 rings (SSSR count). The Morgan fingerprint density at radius 1 is 0.744 bits per heavy atom. The third kappa shape index (κ3) is 7.49. The zero-order valence-corrected chi connectivity index (χ0v) is 24.8. The fourth-order valence-electron chi connectivity index (χ4n) is 5.87. The van der Waals surface area contributed by atoms with Crippen LogP contribution in [0.4, 0.5) is 16.2 Å². The first kappa shape index (κ1) is 29.6. The van der Waals surface area contributed by atoms with Crippen LogP contribution < -0.4 is 16.0 Å². The van der Waals surface area contributed by atoms with Gasteiger partial charge in [0, 0.05) is 11.4 Å². The van der Waals surface area contributed by atoms with Gasteiger partial charge >= 0.3 is 6.03 Å². The maximum absolute atomic E-state index is 14.4. The molecule has 4 aromatic carbocycles. The molecule has 43 heavy (non-hydrogen) atoms. The number of hydrogen-bond donors (Lipinski definition) is 3. The zero-order chi connectivity index (χ0) is 30.3. The van der Waals surface area contributed by atoms with E-state index in [-0.39, 0.29) is 30.3 Å². The van der Waals surface area contributed by atoms with Crippen molar-refractivity contribution in [3.8, 4) is 0 Å². The molecule has 3 atom stereocenters. The first-order valence-corrected chi connectivity index (χ1v) is 14.7. The maximum Gasteiger partial charge on any atom is 0.319 e.